The standard InChI is InChI=1S/C17H14IN3O7/c1-2-27-9-6-7(5-8(18)13(9)28-4-3-19)10-11(16(23)24)14(20)21-15(22)12(10)17(25)26/h5-6H,2,4H2,1H3,(H,23,24)(H,25,26)(H3,20,21,22). The maximum Gasteiger partial charge on any atom is 0.342 e. The maximum absolute atomic E-state index is 12.2. The quantitative estimate of drug-likeness (QED) is 0.415. The van der Waals surface area contributed by atoms with E-state index in [-0.39, 0.29) is 35.8 Å². The molecule has 0 aliphatic carbocycles. The Morgan fingerprint density at radius 2 is 1.89 bits per heavy atom. The van der Waals surface area contributed by atoms with Crippen LogP contribution >= 0.6 is 22.6 Å². The van der Waals surface area contributed by atoms with Gasteiger partial charge >= 0.3 is 11.9 Å². The van der Waals surface area contributed by atoms with Gasteiger partial charge in [-0.25, -0.2) is 9.59 Å². The summed E-state index contributed by atoms with van der Waals surface area (Å²) in [6, 6.07) is 4.58. The molecule has 0 bridgehead atoms. The van der Waals surface area contributed by atoms with Crippen molar-refractivity contribution in [2.75, 3.05) is 18.9 Å². The highest BCUT2D eigenvalue weighted by molar-refractivity contribution is 14.1. The van der Waals surface area contributed by atoms with Crippen LogP contribution in [-0.4, -0.2) is 40.3 Å². The summed E-state index contributed by atoms with van der Waals surface area (Å²) in [6.07, 6.45) is 0. The number of nitrogens with two attached hydrogens (primary N) is 1. The van der Waals surface area contributed by atoms with Gasteiger partial charge < -0.3 is 30.4 Å². The summed E-state index contributed by atoms with van der Waals surface area (Å²) in [4.78, 5) is 37.6. The number of carbonyl (C=O) groups is 2. The van der Waals surface area contributed by atoms with E-state index < -0.39 is 34.4 Å². The van der Waals surface area contributed by atoms with Crippen molar-refractivity contribution in [1.29, 1.82) is 5.26 Å². The highest BCUT2D eigenvalue weighted by Crippen LogP contribution is 2.39. The smallest absolute Gasteiger partial charge is 0.342 e. The highest BCUT2D eigenvalue weighted by Gasteiger charge is 2.28. The van der Waals surface area contributed by atoms with E-state index in [2.05, 4.69) is 0 Å². The SMILES string of the molecule is CCOc1cc(-c2c(C(=O)O)c(N)[nH]c(=O)c2C(=O)O)cc(I)c1OCC#N. The van der Waals surface area contributed by atoms with Crippen molar-refractivity contribution in [3.8, 4) is 28.7 Å². The number of hydrogen-bond donors (Lipinski definition) is 4. The van der Waals surface area contributed by atoms with E-state index in [1.54, 1.807) is 6.92 Å². The van der Waals surface area contributed by atoms with Gasteiger partial charge in [-0.2, -0.15) is 5.26 Å². The van der Waals surface area contributed by atoms with Gasteiger partial charge in [-0.1, -0.05) is 0 Å². The number of benzene rings is 1. The molecule has 11 heteroatoms. The average molecular weight is 499 g/mol. The fourth-order valence-corrected chi connectivity index (χ4v) is 3.31. The van der Waals surface area contributed by atoms with E-state index in [0.717, 1.165) is 0 Å². The minimum atomic E-state index is -1.61. The topological polar surface area (TPSA) is 176 Å². The maximum atomic E-state index is 12.2. The van der Waals surface area contributed by atoms with Gasteiger partial charge in [0.1, 0.15) is 23.0 Å². The van der Waals surface area contributed by atoms with Crippen LogP contribution in [-0.2, 0) is 0 Å². The summed E-state index contributed by atoms with van der Waals surface area (Å²) < 4.78 is 11.2. The summed E-state index contributed by atoms with van der Waals surface area (Å²) in [5.74, 6) is -3.21. The lowest BCUT2D eigenvalue weighted by atomic mass is 9.95. The van der Waals surface area contributed by atoms with Crippen LogP contribution in [0.5, 0.6) is 11.5 Å². The van der Waals surface area contributed by atoms with Gasteiger partial charge in [-0.3, -0.25) is 4.79 Å². The van der Waals surface area contributed by atoms with E-state index in [4.69, 9.17) is 20.5 Å². The lowest BCUT2D eigenvalue weighted by Gasteiger charge is -2.17. The summed E-state index contributed by atoms with van der Waals surface area (Å²) in [5, 5.41) is 27.7. The third kappa shape index (κ3) is 4.01. The van der Waals surface area contributed by atoms with Crippen LogP contribution < -0.4 is 20.8 Å². The third-order valence-electron chi connectivity index (χ3n) is 3.55. The zero-order valence-electron chi connectivity index (χ0n) is 14.4. The Morgan fingerprint density at radius 3 is 2.43 bits per heavy atom. The molecular weight excluding hydrogens is 485 g/mol. The van der Waals surface area contributed by atoms with E-state index in [1.807, 2.05) is 33.6 Å². The molecule has 1 aromatic carbocycles. The molecule has 5 N–H and O–H groups in total. The Hall–Kier alpha value is -3.27. The second-order valence-electron chi connectivity index (χ2n) is 5.27. The van der Waals surface area contributed by atoms with Crippen molar-refractivity contribution in [2.24, 2.45) is 0 Å². The minimum Gasteiger partial charge on any atom is -0.490 e. The van der Waals surface area contributed by atoms with Gasteiger partial charge in [-0.15, -0.1) is 0 Å². The van der Waals surface area contributed by atoms with Crippen LogP contribution in [0.4, 0.5) is 5.82 Å². The number of hydrogen-bond acceptors (Lipinski definition) is 7. The molecule has 0 amide bonds. The Labute approximate surface area is 171 Å². The Bertz CT molecular complexity index is 1060. The van der Waals surface area contributed by atoms with Gasteiger partial charge in [0.2, 0.25) is 0 Å². The number of halogens is 1. The third-order valence-corrected chi connectivity index (χ3v) is 4.35. The first kappa shape index (κ1) is 21.0. The van der Waals surface area contributed by atoms with Crippen LogP contribution in [0.2, 0.25) is 0 Å². The van der Waals surface area contributed by atoms with Crippen molar-refractivity contribution in [2.45, 2.75) is 6.92 Å². The largest absolute Gasteiger partial charge is 0.490 e. The zero-order chi connectivity index (χ0) is 21.0. The molecule has 0 saturated carbocycles. The van der Waals surface area contributed by atoms with Crippen LogP contribution in [0.15, 0.2) is 16.9 Å². The summed E-state index contributed by atoms with van der Waals surface area (Å²) in [5.41, 5.74) is 3.01. The first-order valence-corrected chi connectivity index (χ1v) is 8.79. The van der Waals surface area contributed by atoms with E-state index in [0.29, 0.717) is 3.57 Å². The van der Waals surface area contributed by atoms with Gasteiger partial charge in [0.15, 0.2) is 18.1 Å². The molecule has 0 saturated heterocycles. The fraction of sp³-hybridized carbons (Fsp3) is 0.176. The zero-order valence-corrected chi connectivity index (χ0v) is 16.6. The summed E-state index contributed by atoms with van der Waals surface area (Å²) >= 11 is 1.87. The number of anilines is 1. The molecule has 2 rings (SSSR count). The van der Waals surface area contributed by atoms with Crippen molar-refractivity contribution in [1.82, 2.24) is 4.98 Å². The van der Waals surface area contributed by atoms with Crippen molar-refractivity contribution in [3.05, 3.63) is 37.2 Å². The van der Waals surface area contributed by atoms with E-state index in [9.17, 15) is 24.6 Å². The Morgan fingerprint density at radius 1 is 1.25 bits per heavy atom. The molecule has 0 fully saturated rings. The highest BCUT2D eigenvalue weighted by atomic mass is 127. The molecular formula is C17H14IN3O7. The lowest BCUT2D eigenvalue weighted by molar-refractivity contribution is 0.0695. The number of nitrogens with one attached hydrogen (secondary N) is 1. The Balaban J connectivity index is 2.91. The number of ether oxygens (including phenoxy) is 2. The number of carboxylic acid groups (broad SMARTS) is 2. The minimum absolute atomic E-state index is 0.0877. The van der Waals surface area contributed by atoms with E-state index in [1.165, 1.54) is 12.1 Å². The molecule has 0 unspecified atom stereocenters. The number of aromatic amines is 1. The first-order valence-electron chi connectivity index (χ1n) is 7.71. The predicted octanol–water partition coefficient (Wildman–Crippen LogP) is 1.93. The predicted molar refractivity (Wildman–Crippen MR) is 106 cm³/mol. The van der Waals surface area contributed by atoms with Crippen molar-refractivity contribution < 1.29 is 29.3 Å². The molecule has 28 heavy (non-hydrogen) atoms. The second-order valence-corrected chi connectivity index (χ2v) is 6.43. The molecule has 0 aliphatic heterocycles. The average Bonchev–Trinajstić information content (AvgIpc) is 2.59. The molecule has 0 aliphatic rings. The number of nitrogen functional groups attached to an aromatic ring is 1. The van der Waals surface area contributed by atoms with Gasteiger partial charge in [0.25, 0.3) is 5.56 Å². The Kier molecular flexibility index (Phi) is 6.47. The van der Waals surface area contributed by atoms with Crippen LogP contribution in [0.25, 0.3) is 11.1 Å². The van der Waals surface area contributed by atoms with Crippen LogP contribution in [0.3, 0.4) is 0 Å². The number of H-pyrrole nitrogens is 1. The molecule has 2 aromatic rings. The second kappa shape index (κ2) is 8.61. The number of nitrogens with zero attached hydrogens (tertiary/aromatic N) is 1. The molecule has 146 valence electrons. The van der Waals surface area contributed by atoms with Gasteiger partial charge in [0.05, 0.1) is 10.2 Å². The molecule has 0 atom stereocenters. The van der Waals surface area contributed by atoms with Crippen molar-refractivity contribution >= 4 is 40.3 Å². The van der Waals surface area contributed by atoms with Gasteiger partial charge in [-0.05, 0) is 47.2 Å². The monoisotopic (exact) mass is 499 g/mol. The molecule has 10 nitrogen and oxygen atoms in total. The van der Waals surface area contributed by atoms with Crippen LogP contribution in [0, 0.1) is 14.9 Å². The van der Waals surface area contributed by atoms with Crippen LogP contribution in [0.1, 0.15) is 27.6 Å². The number of aromatic carboxylic acids is 2. The normalized spacial score (nSPS) is 10.2. The number of rotatable bonds is 7. The molecule has 1 heterocycles. The van der Waals surface area contributed by atoms with E-state index >= 15 is 0 Å². The van der Waals surface area contributed by atoms with Gasteiger partial charge in [0, 0.05) is 5.56 Å². The molecule has 0 spiro atoms. The summed E-state index contributed by atoms with van der Waals surface area (Å²) in [7, 11) is 0. The fourth-order valence-electron chi connectivity index (χ4n) is 2.56. The number of carboxylic acids is 2. The molecule has 0 radical (unpaired) electrons. The first-order chi connectivity index (χ1) is 13.2. The molecule has 1 aromatic heterocycles. The number of nitriles is 1. The number of pyridine rings is 1. The van der Waals surface area contributed by atoms with Crippen molar-refractivity contribution in [3.63, 3.8) is 0 Å². The number of aromatic nitrogens is 1. The summed E-state index contributed by atoms with van der Waals surface area (Å²) in [6.45, 7) is 1.66. The lowest BCUT2D eigenvalue weighted by Crippen LogP contribution is -2.24.